The van der Waals surface area contributed by atoms with Crippen LogP contribution in [0.15, 0.2) is 45.8 Å². The topological polar surface area (TPSA) is 88.3 Å². The van der Waals surface area contributed by atoms with E-state index in [2.05, 4.69) is 15.6 Å². The Morgan fingerprint density at radius 2 is 1.83 bits per heavy atom. The van der Waals surface area contributed by atoms with E-state index in [1.165, 1.54) is 0 Å². The van der Waals surface area contributed by atoms with Crippen molar-refractivity contribution in [2.45, 2.75) is 32.8 Å². The summed E-state index contributed by atoms with van der Waals surface area (Å²) in [5.41, 5.74) is -1.16. The summed E-state index contributed by atoms with van der Waals surface area (Å²) in [6, 6.07) is 11.1. The summed E-state index contributed by atoms with van der Waals surface area (Å²) in [7, 11) is 1.64. The highest BCUT2D eigenvalue weighted by Gasteiger charge is 2.26. The van der Waals surface area contributed by atoms with Crippen molar-refractivity contribution in [3.8, 4) is 11.5 Å². The standard InChI is InChI=1S/C21H31N3O4.HI/c1-5-22-20(24-15-21(3,25)19-12-7-16(2)28-19)23-13-6-14-27-18-10-8-17(26-4)9-11-18;/h7-12,25H,5-6,13-15H2,1-4H3,(H2,22,23,24);1H. The van der Waals surface area contributed by atoms with E-state index in [9.17, 15) is 5.11 Å². The lowest BCUT2D eigenvalue weighted by Crippen LogP contribution is -2.39. The number of hydrogen-bond acceptors (Lipinski definition) is 5. The maximum absolute atomic E-state index is 10.6. The number of benzene rings is 1. The fourth-order valence-electron chi connectivity index (χ4n) is 2.52. The Labute approximate surface area is 189 Å². The van der Waals surface area contributed by atoms with Gasteiger partial charge < -0.3 is 29.6 Å². The number of furan rings is 1. The first-order chi connectivity index (χ1) is 13.4. The van der Waals surface area contributed by atoms with Crippen LogP contribution in [0.3, 0.4) is 0 Å². The van der Waals surface area contributed by atoms with Crippen LogP contribution < -0.4 is 20.1 Å². The van der Waals surface area contributed by atoms with Gasteiger partial charge in [0.1, 0.15) is 28.6 Å². The summed E-state index contributed by atoms with van der Waals surface area (Å²) in [5.74, 6) is 3.54. The second-order valence-electron chi connectivity index (χ2n) is 6.68. The van der Waals surface area contributed by atoms with E-state index in [1.807, 2.05) is 44.2 Å². The Balaban J connectivity index is 0.00000420. The Morgan fingerprint density at radius 3 is 2.41 bits per heavy atom. The highest BCUT2D eigenvalue weighted by Crippen LogP contribution is 2.23. The van der Waals surface area contributed by atoms with Gasteiger partial charge in [0.25, 0.3) is 0 Å². The molecule has 7 nitrogen and oxygen atoms in total. The molecule has 0 amide bonds. The number of nitrogens with one attached hydrogen (secondary N) is 2. The van der Waals surface area contributed by atoms with Gasteiger partial charge in [-0.2, -0.15) is 0 Å². The first-order valence-corrected chi connectivity index (χ1v) is 9.53. The molecule has 1 unspecified atom stereocenters. The number of ether oxygens (including phenoxy) is 2. The average Bonchev–Trinajstić information content (AvgIpc) is 3.13. The SMILES string of the molecule is CCNC(=NCC(C)(O)c1ccc(C)o1)NCCCOc1ccc(OC)cc1.I. The highest BCUT2D eigenvalue weighted by molar-refractivity contribution is 14.0. The lowest BCUT2D eigenvalue weighted by molar-refractivity contribution is 0.0428. The number of aliphatic imine (C=N–C) groups is 1. The van der Waals surface area contributed by atoms with Crippen molar-refractivity contribution in [3.05, 3.63) is 47.9 Å². The van der Waals surface area contributed by atoms with Crippen molar-refractivity contribution in [2.75, 3.05) is 33.4 Å². The minimum atomic E-state index is -1.16. The molecule has 2 aromatic rings. The number of halogens is 1. The van der Waals surface area contributed by atoms with Crippen LogP contribution in [0, 0.1) is 6.92 Å². The molecule has 0 saturated heterocycles. The Bertz CT molecular complexity index is 745. The van der Waals surface area contributed by atoms with E-state index in [0.717, 1.165) is 30.2 Å². The molecule has 0 aliphatic rings. The predicted octanol–water partition coefficient (Wildman–Crippen LogP) is 3.45. The fraction of sp³-hybridized carbons (Fsp3) is 0.476. The maximum atomic E-state index is 10.6. The number of nitrogens with zero attached hydrogens (tertiary/aromatic N) is 1. The Kier molecular flexibility index (Phi) is 10.9. The monoisotopic (exact) mass is 517 g/mol. The Morgan fingerprint density at radius 1 is 1.14 bits per heavy atom. The summed E-state index contributed by atoms with van der Waals surface area (Å²) >= 11 is 0. The van der Waals surface area contributed by atoms with Crippen molar-refractivity contribution in [2.24, 2.45) is 4.99 Å². The third kappa shape index (κ3) is 8.53. The molecule has 162 valence electrons. The van der Waals surface area contributed by atoms with Crippen LogP contribution in [-0.4, -0.2) is 44.4 Å². The molecule has 1 aromatic carbocycles. The number of hydrogen-bond donors (Lipinski definition) is 3. The van der Waals surface area contributed by atoms with Gasteiger partial charge in [-0.1, -0.05) is 0 Å². The minimum Gasteiger partial charge on any atom is -0.497 e. The molecule has 0 aliphatic heterocycles. The number of guanidine groups is 1. The zero-order chi connectivity index (χ0) is 20.4. The Hall–Kier alpha value is -1.94. The van der Waals surface area contributed by atoms with Crippen LogP contribution >= 0.6 is 24.0 Å². The van der Waals surface area contributed by atoms with Crippen LogP contribution in [0.25, 0.3) is 0 Å². The third-order valence-electron chi connectivity index (χ3n) is 4.10. The molecule has 0 bridgehead atoms. The molecule has 1 heterocycles. The molecular weight excluding hydrogens is 485 g/mol. The summed E-state index contributed by atoms with van der Waals surface area (Å²) in [4.78, 5) is 4.48. The zero-order valence-electron chi connectivity index (χ0n) is 17.5. The van der Waals surface area contributed by atoms with E-state index in [0.29, 0.717) is 24.9 Å². The summed E-state index contributed by atoms with van der Waals surface area (Å²) in [6.45, 7) is 7.75. The van der Waals surface area contributed by atoms with Crippen molar-refractivity contribution < 1.29 is 19.0 Å². The van der Waals surface area contributed by atoms with Crippen LogP contribution in [0.2, 0.25) is 0 Å². The van der Waals surface area contributed by atoms with Gasteiger partial charge in [-0.3, -0.25) is 0 Å². The predicted molar refractivity (Wildman–Crippen MR) is 126 cm³/mol. The molecule has 8 heteroatoms. The molecule has 1 aromatic heterocycles. The van der Waals surface area contributed by atoms with E-state index in [-0.39, 0.29) is 30.5 Å². The van der Waals surface area contributed by atoms with E-state index < -0.39 is 5.60 Å². The van der Waals surface area contributed by atoms with Gasteiger partial charge in [-0.25, -0.2) is 4.99 Å². The number of rotatable bonds is 10. The van der Waals surface area contributed by atoms with Crippen LogP contribution in [0.5, 0.6) is 11.5 Å². The van der Waals surface area contributed by atoms with Gasteiger partial charge in [0.05, 0.1) is 20.3 Å². The van der Waals surface area contributed by atoms with Gasteiger partial charge in [0, 0.05) is 13.1 Å². The van der Waals surface area contributed by atoms with Gasteiger partial charge in [-0.05, 0) is 63.6 Å². The van der Waals surface area contributed by atoms with Crippen LogP contribution in [-0.2, 0) is 5.60 Å². The summed E-state index contributed by atoms with van der Waals surface area (Å²) in [5, 5.41) is 17.0. The summed E-state index contributed by atoms with van der Waals surface area (Å²) in [6.07, 6.45) is 0.810. The van der Waals surface area contributed by atoms with Crippen molar-refractivity contribution >= 4 is 29.9 Å². The van der Waals surface area contributed by atoms with E-state index in [1.54, 1.807) is 20.1 Å². The maximum Gasteiger partial charge on any atom is 0.191 e. The van der Waals surface area contributed by atoms with Crippen LogP contribution in [0.1, 0.15) is 31.8 Å². The lowest BCUT2D eigenvalue weighted by atomic mass is 10.0. The number of methoxy groups -OCH3 is 1. The first-order valence-electron chi connectivity index (χ1n) is 9.53. The van der Waals surface area contributed by atoms with Crippen molar-refractivity contribution in [1.82, 2.24) is 10.6 Å². The second-order valence-corrected chi connectivity index (χ2v) is 6.68. The largest absolute Gasteiger partial charge is 0.497 e. The van der Waals surface area contributed by atoms with Crippen molar-refractivity contribution in [3.63, 3.8) is 0 Å². The molecule has 0 aliphatic carbocycles. The smallest absolute Gasteiger partial charge is 0.191 e. The normalized spacial score (nSPS) is 13.2. The number of aliphatic hydroxyl groups is 1. The molecular formula is C21H32IN3O4. The summed E-state index contributed by atoms with van der Waals surface area (Å²) < 4.78 is 16.4. The molecule has 3 N–H and O–H groups in total. The van der Waals surface area contributed by atoms with Crippen LogP contribution in [0.4, 0.5) is 0 Å². The molecule has 0 saturated carbocycles. The fourth-order valence-corrected chi connectivity index (χ4v) is 2.52. The molecule has 1 atom stereocenters. The lowest BCUT2D eigenvalue weighted by Gasteiger charge is -2.19. The molecule has 0 fully saturated rings. The van der Waals surface area contributed by atoms with Crippen molar-refractivity contribution in [1.29, 1.82) is 0 Å². The van der Waals surface area contributed by atoms with Gasteiger partial charge >= 0.3 is 0 Å². The minimum absolute atomic E-state index is 0. The molecule has 0 spiro atoms. The zero-order valence-corrected chi connectivity index (χ0v) is 19.9. The molecule has 0 radical (unpaired) electrons. The quantitative estimate of drug-likeness (QED) is 0.194. The molecule has 2 rings (SSSR count). The van der Waals surface area contributed by atoms with Gasteiger partial charge in [-0.15, -0.1) is 24.0 Å². The van der Waals surface area contributed by atoms with Gasteiger partial charge in [0.2, 0.25) is 0 Å². The first kappa shape index (κ1) is 25.1. The van der Waals surface area contributed by atoms with E-state index >= 15 is 0 Å². The molecule has 29 heavy (non-hydrogen) atoms. The third-order valence-corrected chi connectivity index (χ3v) is 4.10. The number of aryl methyl sites for hydroxylation is 1. The van der Waals surface area contributed by atoms with E-state index in [4.69, 9.17) is 13.9 Å². The average molecular weight is 517 g/mol. The van der Waals surface area contributed by atoms with Gasteiger partial charge in [0.15, 0.2) is 5.96 Å². The second kappa shape index (κ2) is 12.6. The highest BCUT2D eigenvalue weighted by atomic mass is 127.